The first-order chi connectivity index (χ1) is 13.6. The van der Waals surface area contributed by atoms with Gasteiger partial charge in [0.1, 0.15) is 17.3 Å². The monoisotopic (exact) mass is 383 g/mol. The highest BCUT2D eigenvalue weighted by atomic mass is 16.3. The highest BCUT2D eigenvalue weighted by Crippen LogP contribution is 2.33. The molecule has 1 atom stereocenters. The average molecular weight is 383 g/mol. The predicted octanol–water partition coefficient (Wildman–Crippen LogP) is 4.12. The van der Waals surface area contributed by atoms with E-state index in [4.69, 9.17) is 4.42 Å². The summed E-state index contributed by atoms with van der Waals surface area (Å²) in [6.07, 6.45) is 10.2. The molecule has 150 valence electrons. The van der Waals surface area contributed by atoms with Crippen molar-refractivity contribution in [1.29, 1.82) is 0 Å². The fraction of sp³-hybridized carbons (Fsp3) is 0.591. The predicted molar refractivity (Wildman–Crippen MR) is 106 cm³/mol. The Hall–Kier alpha value is -2.37. The second-order valence-corrected chi connectivity index (χ2v) is 8.03. The summed E-state index contributed by atoms with van der Waals surface area (Å²) in [6, 6.07) is 0. The normalized spacial score (nSPS) is 19.7. The zero-order valence-corrected chi connectivity index (χ0v) is 16.9. The van der Waals surface area contributed by atoms with Crippen LogP contribution >= 0.6 is 0 Å². The van der Waals surface area contributed by atoms with Gasteiger partial charge in [0.2, 0.25) is 0 Å². The summed E-state index contributed by atoms with van der Waals surface area (Å²) in [5, 5.41) is 0. The van der Waals surface area contributed by atoms with Crippen molar-refractivity contribution in [1.82, 2.24) is 14.5 Å². The van der Waals surface area contributed by atoms with E-state index in [1.165, 1.54) is 0 Å². The number of likely N-dealkylation sites (tertiary alicyclic amines) is 1. The number of unbranched alkanes of at least 4 members (excludes halogenated alkanes) is 1. The Morgan fingerprint density at radius 2 is 2.18 bits per heavy atom. The Balaban J connectivity index is 1.56. The first-order valence-corrected chi connectivity index (χ1v) is 10.6. The molecule has 1 amide bonds. The van der Waals surface area contributed by atoms with E-state index in [0.717, 1.165) is 57.4 Å². The van der Waals surface area contributed by atoms with Crippen LogP contribution in [0.1, 0.15) is 89.4 Å². The van der Waals surface area contributed by atoms with Gasteiger partial charge in [-0.2, -0.15) is 0 Å². The third-order valence-corrected chi connectivity index (χ3v) is 6.03. The standard InChI is InChI=1S/C22H29N3O3/c1-3-4-11-24-13-10-23-21(24)16-7-6-12-25(14-16)22(27)19-15(2)28-18-9-5-8-17(26)20(18)19/h10,13,16H,3-9,11-12,14H2,1-2H3/t16-/m0/s1. The number of piperidine rings is 1. The van der Waals surface area contributed by atoms with E-state index < -0.39 is 0 Å². The van der Waals surface area contributed by atoms with Gasteiger partial charge in [0.15, 0.2) is 5.78 Å². The quantitative estimate of drug-likeness (QED) is 0.779. The molecule has 0 aromatic carbocycles. The smallest absolute Gasteiger partial charge is 0.258 e. The molecule has 1 fully saturated rings. The van der Waals surface area contributed by atoms with Gasteiger partial charge in [0.25, 0.3) is 5.91 Å². The van der Waals surface area contributed by atoms with Crippen molar-refractivity contribution >= 4 is 11.7 Å². The summed E-state index contributed by atoms with van der Waals surface area (Å²) in [6.45, 7) is 6.33. The Labute approximate surface area is 165 Å². The summed E-state index contributed by atoms with van der Waals surface area (Å²) >= 11 is 0. The lowest BCUT2D eigenvalue weighted by Gasteiger charge is -2.33. The molecular formula is C22H29N3O3. The summed E-state index contributed by atoms with van der Waals surface area (Å²) in [4.78, 5) is 32.3. The molecule has 2 aromatic rings. The molecule has 3 heterocycles. The second kappa shape index (κ2) is 7.94. The van der Waals surface area contributed by atoms with E-state index in [1.54, 1.807) is 6.92 Å². The lowest BCUT2D eigenvalue weighted by atomic mass is 9.91. The zero-order valence-electron chi connectivity index (χ0n) is 16.9. The maximum atomic E-state index is 13.4. The van der Waals surface area contributed by atoms with Gasteiger partial charge in [-0.1, -0.05) is 13.3 Å². The lowest BCUT2D eigenvalue weighted by molar-refractivity contribution is 0.0697. The Morgan fingerprint density at radius 1 is 1.32 bits per heavy atom. The molecule has 0 bridgehead atoms. The number of imidazole rings is 1. The lowest BCUT2D eigenvalue weighted by Crippen LogP contribution is -2.40. The Morgan fingerprint density at radius 3 is 3.00 bits per heavy atom. The first-order valence-electron chi connectivity index (χ1n) is 10.6. The minimum Gasteiger partial charge on any atom is -0.465 e. The average Bonchev–Trinajstić information content (AvgIpc) is 3.30. The van der Waals surface area contributed by atoms with Crippen molar-refractivity contribution in [3.63, 3.8) is 0 Å². The van der Waals surface area contributed by atoms with Gasteiger partial charge in [-0.3, -0.25) is 9.59 Å². The van der Waals surface area contributed by atoms with Crippen LogP contribution < -0.4 is 0 Å². The summed E-state index contributed by atoms with van der Waals surface area (Å²) in [7, 11) is 0. The van der Waals surface area contributed by atoms with Gasteiger partial charge in [0, 0.05) is 50.8 Å². The number of aryl methyl sites for hydroxylation is 3. The Bertz CT molecular complexity index is 880. The van der Waals surface area contributed by atoms with Gasteiger partial charge in [-0.25, -0.2) is 4.98 Å². The molecule has 4 rings (SSSR count). The molecule has 0 saturated carbocycles. The van der Waals surface area contributed by atoms with Crippen LogP contribution in [0.3, 0.4) is 0 Å². The minimum absolute atomic E-state index is 0.0464. The number of ketones is 1. The number of furan rings is 1. The van der Waals surface area contributed by atoms with Crippen molar-refractivity contribution in [3.05, 3.63) is 40.9 Å². The number of hydrogen-bond acceptors (Lipinski definition) is 4. The molecule has 28 heavy (non-hydrogen) atoms. The third-order valence-electron chi connectivity index (χ3n) is 6.03. The molecule has 0 spiro atoms. The number of carbonyl (C=O) groups excluding carboxylic acids is 2. The molecule has 6 nitrogen and oxygen atoms in total. The number of nitrogens with zero attached hydrogens (tertiary/aromatic N) is 3. The van der Waals surface area contributed by atoms with Crippen LogP contribution in [0.2, 0.25) is 0 Å². The molecule has 0 radical (unpaired) electrons. The van der Waals surface area contributed by atoms with Crippen molar-refractivity contribution in [2.75, 3.05) is 13.1 Å². The maximum Gasteiger partial charge on any atom is 0.258 e. The Kier molecular flexibility index (Phi) is 5.38. The fourth-order valence-electron chi connectivity index (χ4n) is 4.59. The van der Waals surface area contributed by atoms with E-state index in [1.807, 2.05) is 17.3 Å². The highest BCUT2D eigenvalue weighted by molar-refractivity contribution is 6.10. The van der Waals surface area contributed by atoms with Crippen LogP contribution in [0.4, 0.5) is 0 Å². The van der Waals surface area contributed by atoms with E-state index in [0.29, 0.717) is 35.6 Å². The maximum absolute atomic E-state index is 13.4. The molecule has 1 aliphatic heterocycles. The molecule has 6 heteroatoms. The van der Waals surface area contributed by atoms with Crippen LogP contribution in [-0.4, -0.2) is 39.2 Å². The molecule has 2 aliphatic rings. The number of amides is 1. The van der Waals surface area contributed by atoms with Crippen molar-refractivity contribution in [2.45, 2.75) is 71.3 Å². The number of hydrogen-bond donors (Lipinski definition) is 0. The highest BCUT2D eigenvalue weighted by Gasteiger charge is 2.35. The molecule has 1 aliphatic carbocycles. The summed E-state index contributed by atoms with van der Waals surface area (Å²) < 4.78 is 8.03. The number of fused-ring (bicyclic) bond motifs is 1. The molecule has 0 N–H and O–H groups in total. The SMILES string of the molecule is CCCCn1ccnc1[C@H]1CCCN(C(=O)c2c(C)oc3c2C(=O)CCC3)C1. The van der Waals surface area contributed by atoms with Crippen molar-refractivity contribution < 1.29 is 14.0 Å². The van der Waals surface area contributed by atoms with Crippen LogP contribution in [0.5, 0.6) is 0 Å². The van der Waals surface area contributed by atoms with Crippen LogP contribution in [0, 0.1) is 6.92 Å². The van der Waals surface area contributed by atoms with Crippen LogP contribution in [0.25, 0.3) is 0 Å². The van der Waals surface area contributed by atoms with E-state index >= 15 is 0 Å². The molecule has 0 unspecified atom stereocenters. The minimum atomic E-state index is -0.0610. The summed E-state index contributed by atoms with van der Waals surface area (Å²) in [5.41, 5.74) is 1.04. The van der Waals surface area contributed by atoms with Crippen LogP contribution in [-0.2, 0) is 13.0 Å². The van der Waals surface area contributed by atoms with E-state index in [-0.39, 0.29) is 17.6 Å². The van der Waals surface area contributed by atoms with Gasteiger partial charge in [-0.15, -0.1) is 0 Å². The van der Waals surface area contributed by atoms with Gasteiger partial charge >= 0.3 is 0 Å². The second-order valence-electron chi connectivity index (χ2n) is 8.03. The molecular weight excluding hydrogens is 354 g/mol. The molecule has 1 saturated heterocycles. The van der Waals surface area contributed by atoms with E-state index in [2.05, 4.69) is 16.5 Å². The summed E-state index contributed by atoms with van der Waals surface area (Å²) in [5.74, 6) is 2.58. The van der Waals surface area contributed by atoms with Crippen molar-refractivity contribution in [2.24, 2.45) is 0 Å². The largest absolute Gasteiger partial charge is 0.465 e. The number of aromatic nitrogens is 2. The fourth-order valence-corrected chi connectivity index (χ4v) is 4.59. The van der Waals surface area contributed by atoms with Gasteiger partial charge in [0.05, 0.1) is 11.1 Å². The van der Waals surface area contributed by atoms with Gasteiger partial charge in [-0.05, 0) is 32.6 Å². The number of Topliss-reactive ketones (excluding diaryl/α,β-unsaturated/α-hetero) is 1. The number of rotatable bonds is 5. The first kappa shape index (κ1) is 19.0. The molecule has 2 aromatic heterocycles. The topological polar surface area (TPSA) is 68.3 Å². The van der Waals surface area contributed by atoms with Gasteiger partial charge < -0.3 is 13.9 Å². The zero-order chi connectivity index (χ0) is 19.7. The van der Waals surface area contributed by atoms with Crippen molar-refractivity contribution in [3.8, 4) is 0 Å². The third kappa shape index (κ3) is 3.40. The van der Waals surface area contributed by atoms with Crippen LogP contribution in [0.15, 0.2) is 16.8 Å². The number of carbonyl (C=O) groups is 2. The van der Waals surface area contributed by atoms with E-state index in [9.17, 15) is 9.59 Å².